The van der Waals surface area contributed by atoms with Crippen LogP contribution in [0.1, 0.15) is 21.5 Å². The fourth-order valence-electron chi connectivity index (χ4n) is 1.94. The van der Waals surface area contributed by atoms with E-state index in [-0.39, 0.29) is 16.6 Å². The summed E-state index contributed by atoms with van der Waals surface area (Å²) in [6.45, 7) is 3.56. The van der Waals surface area contributed by atoms with Gasteiger partial charge in [-0.25, -0.2) is 4.98 Å². The molecule has 1 aromatic heterocycles. The first-order chi connectivity index (χ1) is 9.90. The van der Waals surface area contributed by atoms with Gasteiger partial charge in [-0.15, -0.1) is 0 Å². The topological polar surface area (TPSA) is 79.3 Å². The summed E-state index contributed by atoms with van der Waals surface area (Å²) in [5, 5.41) is 12.5. The molecule has 21 heavy (non-hydrogen) atoms. The van der Waals surface area contributed by atoms with Crippen molar-refractivity contribution >= 4 is 22.5 Å². The number of benzene rings is 1. The number of amides is 1. The molecule has 0 fully saturated rings. The second kappa shape index (κ2) is 6.05. The average Bonchev–Trinajstić information content (AvgIpc) is 2.40. The predicted octanol–water partition coefficient (Wildman–Crippen LogP) is 2.39. The SMILES string of the molecule is Cc1cc(O)c(S(C)=O)cc1C(=O)Nc1ncccc1C. The standard InChI is InChI=1S/C15H16N2O3S/c1-9-5-4-6-16-14(9)17-15(19)11-8-13(21(3)20)12(18)7-10(11)2/h4-8,18H,1-3H3,(H,16,17,19). The maximum Gasteiger partial charge on any atom is 0.257 e. The first kappa shape index (κ1) is 15.2. The molecule has 6 heteroatoms. The number of carbonyl (C=O) groups is 1. The highest BCUT2D eigenvalue weighted by molar-refractivity contribution is 7.84. The first-order valence-corrected chi connectivity index (χ1v) is 7.86. The maximum absolute atomic E-state index is 12.3. The molecule has 0 radical (unpaired) electrons. The van der Waals surface area contributed by atoms with E-state index in [2.05, 4.69) is 10.3 Å². The molecule has 2 N–H and O–H groups in total. The Morgan fingerprint density at radius 1 is 1.29 bits per heavy atom. The molecule has 1 amide bonds. The van der Waals surface area contributed by atoms with Gasteiger partial charge in [-0.05, 0) is 43.2 Å². The van der Waals surface area contributed by atoms with Crippen LogP contribution < -0.4 is 5.32 Å². The van der Waals surface area contributed by atoms with Gasteiger partial charge >= 0.3 is 0 Å². The van der Waals surface area contributed by atoms with E-state index in [9.17, 15) is 14.1 Å². The molecule has 1 unspecified atom stereocenters. The molecular formula is C15H16N2O3S. The van der Waals surface area contributed by atoms with E-state index in [1.807, 2.05) is 13.0 Å². The van der Waals surface area contributed by atoms with Crippen molar-refractivity contribution in [3.05, 3.63) is 47.2 Å². The second-order valence-corrected chi connectivity index (χ2v) is 6.06. The maximum atomic E-state index is 12.3. The molecule has 1 heterocycles. The number of aromatic hydroxyl groups is 1. The first-order valence-electron chi connectivity index (χ1n) is 6.30. The third kappa shape index (κ3) is 3.28. The Morgan fingerprint density at radius 2 is 2.00 bits per heavy atom. The van der Waals surface area contributed by atoms with Crippen molar-refractivity contribution in [3.8, 4) is 5.75 Å². The van der Waals surface area contributed by atoms with E-state index < -0.39 is 10.8 Å². The molecule has 1 atom stereocenters. The number of phenols is 1. The van der Waals surface area contributed by atoms with E-state index in [4.69, 9.17) is 0 Å². The van der Waals surface area contributed by atoms with Crippen molar-refractivity contribution in [1.82, 2.24) is 4.98 Å². The van der Waals surface area contributed by atoms with Gasteiger partial charge in [0.1, 0.15) is 11.6 Å². The molecule has 5 nitrogen and oxygen atoms in total. The predicted molar refractivity (Wildman–Crippen MR) is 82.1 cm³/mol. The molecule has 2 rings (SSSR count). The number of phenolic OH excluding ortho intramolecular Hbond substituents is 1. The number of hydrogen-bond acceptors (Lipinski definition) is 4. The van der Waals surface area contributed by atoms with Gasteiger partial charge in [0.05, 0.1) is 15.7 Å². The van der Waals surface area contributed by atoms with Gasteiger partial charge in [0.15, 0.2) is 0 Å². The van der Waals surface area contributed by atoms with Crippen LogP contribution in [0.4, 0.5) is 5.82 Å². The Kier molecular flexibility index (Phi) is 4.37. The Labute approximate surface area is 125 Å². The lowest BCUT2D eigenvalue weighted by molar-refractivity contribution is 0.102. The lowest BCUT2D eigenvalue weighted by Gasteiger charge is -2.11. The van der Waals surface area contributed by atoms with Crippen LogP contribution in [-0.2, 0) is 10.8 Å². The molecule has 0 bridgehead atoms. The van der Waals surface area contributed by atoms with E-state index >= 15 is 0 Å². The lowest BCUT2D eigenvalue weighted by Crippen LogP contribution is -2.15. The van der Waals surface area contributed by atoms with Crippen molar-refractivity contribution < 1.29 is 14.1 Å². The second-order valence-electron chi connectivity index (χ2n) is 4.71. The number of nitrogens with one attached hydrogen (secondary N) is 1. The van der Waals surface area contributed by atoms with Gasteiger partial charge in [-0.3, -0.25) is 9.00 Å². The molecule has 0 saturated heterocycles. The summed E-state index contributed by atoms with van der Waals surface area (Å²) >= 11 is 0. The van der Waals surface area contributed by atoms with Crippen LogP contribution >= 0.6 is 0 Å². The fourth-order valence-corrected chi connectivity index (χ4v) is 2.58. The number of aryl methyl sites for hydroxylation is 2. The van der Waals surface area contributed by atoms with Gasteiger partial charge in [-0.2, -0.15) is 0 Å². The number of aromatic nitrogens is 1. The minimum atomic E-state index is -1.37. The molecule has 0 aliphatic rings. The largest absolute Gasteiger partial charge is 0.507 e. The monoisotopic (exact) mass is 304 g/mol. The van der Waals surface area contributed by atoms with Crippen molar-refractivity contribution in [2.45, 2.75) is 18.7 Å². The zero-order chi connectivity index (χ0) is 15.6. The minimum Gasteiger partial charge on any atom is -0.507 e. The van der Waals surface area contributed by atoms with Crippen LogP contribution in [0.25, 0.3) is 0 Å². The van der Waals surface area contributed by atoms with Gasteiger partial charge in [0.2, 0.25) is 0 Å². The van der Waals surface area contributed by atoms with Gasteiger partial charge < -0.3 is 10.4 Å². The van der Waals surface area contributed by atoms with Crippen LogP contribution in [0.15, 0.2) is 35.4 Å². The number of hydrogen-bond donors (Lipinski definition) is 2. The van der Waals surface area contributed by atoms with Crippen molar-refractivity contribution in [2.24, 2.45) is 0 Å². The molecule has 0 spiro atoms. The van der Waals surface area contributed by atoms with Crippen molar-refractivity contribution in [1.29, 1.82) is 0 Å². The summed E-state index contributed by atoms with van der Waals surface area (Å²) in [5.74, 6) is 0.0639. The Bertz CT molecular complexity index is 729. The van der Waals surface area contributed by atoms with Crippen LogP contribution in [0.2, 0.25) is 0 Å². The van der Waals surface area contributed by atoms with E-state index in [0.717, 1.165) is 5.56 Å². The quantitative estimate of drug-likeness (QED) is 0.912. The highest BCUT2D eigenvalue weighted by Gasteiger charge is 2.16. The number of anilines is 1. The number of carbonyl (C=O) groups excluding carboxylic acids is 1. The van der Waals surface area contributed by atoms with Gasteiger partial charge in [0, 0.05) is 18.0 Å². The van der Waals surface area contributed by atoms with E-state index in [1.165, 1.54) is 18.4 Å². The van der Waals surface area contributed by atoms with Gasteiger partial charge in [-0.1, -0.05) is 6.07 Å². The zero-order valence-corrected chi connectivity index (χ0v) is 12.8. The molecule has 2 aromatic rings. The third-order valence-electron chi connectivity index (χ3n) is 3.10. The Morgan fingerprint density at radius 3 is 2.62 bits per heavy atom. The minimum absolute atomic E-state index is 0.0705. The molecule has 0 aliphatic carbocycles. The van der Waals surface area contributed by atoms with Crippen LogP contribution in [0.3, 0.4) is 0 Å². The summed E-state index contributed by atoms with van der Waals surface area (Å²) in [6, 6.07) is 6.53. The molecule has 110 valence electrons. The van der Waals surface area contributed by atoms with Crippen molar-refractivity contribution in [2.75, 3.05) is 11.6 Å². The normalized spacial score (nSPS) is 12.0. The fraction of sp³-hybridized carbons (Fsp3) is 0.200. The van der Waals surface area contributed by atoms with E-state index in [1.54, 1.807) is 19.2 Å². The van der Waals surface area contributed by atoms with Crippen LogP contribution in [0.5, 0.6) is 5.75 Å². The number of pyridine rings is 1. The Hall–Kier alpha value is -2.21. The van der Waals surface area contributed by atoms with Crippen molar-refractivity contribution in [3.63, 3.8) is 0 Å². The average molecular weight is 304 g/mol. The molecule has 1 aromatic carbocycles. The highest BCUT2D eigenvalue weighted by atomic mass is 32.2. The number of nitrogens with zero attached hydrogens (tertiary/aromatic N) is 1. The summed E-state index contributed by atoms with van der Waals surface area (Å²) in [6.07, 6.45) is 3.05. The van der Waals surface area contributed by atoms with Crippen LogP contribution in [-0.4, -0.2) is 26.5 Å². The van der Waals surface area contributed by atoms with Gasteiger partial charge in [0.25, 0.3) is 5.91 Å². The highest BCUT2D eigenvalue weighted by Crippen LogP contribution is 2.25. The molecular weight excluding hydrogens is 288 g/mol. The summed E-state index contributed by atoms with van der Waals surface area (Å²) in [7, 11) is -1.37. The molecule has 0 aliphatic heterocycles. The number of rotatable bonds is 3. The zero-order valence-electron chi connectivity index (χ0n) is 12.0. The summed E-state index contributed by atoms with van der Waals surface area (Å²) < 4.78 is 11.6. The third-order valence-corrected chi connectivity index (χ3v) is 4.05. The summed E-state index contributed by atoms with van der Waals surface area (Å²) in [5.41, 5.74) is 1.82. The summed E-state index contributed by atoms with van der Waals surface area (Å²) in [4.78, 5) is 16.7. The molecule has 0 saturated carbocycles. The van der Waals surface area contributed by atoms with E-state index in [0.29, 0.717) is 16.9 Å². The Balaban J connectivity index is 2.38. The lowest BCUT2D eigenvalue weighted by atomic mass is 10.1. The smallest absolute Gasteiger partial charge is 0.257 e. The van der Waals surface area contributed by atoms with Crippen LogP contribution in [0, 0.1) is 13.8 Å².